The van der Waals surface area contributed by atoms with Crippen LogP contribution in [0.5, 0.6) is 5.75 Å². The highest BCUT2D eigenvalue weighted by atomic mass is 32.2. The lowest BCUT2D eigenvalue weighted by atomic mass is 10.1. The molecule has 2 heterocycles. The van der Waals surface area contributed by atoms with Crippen LogP contribution < -0.4 is 15.4 Å². The number of anilines is 1. The Balaban J connectivity index is 1.43. The van der Waals surface area contributed by atoms with E-state index >= 15 is 0 Å². The number of rotatable bonds is 5. The van der Waals surface area contributed by atoms with Crippen molar-refractivity contribution >= 4 is 51.5 Å². The number of imide groups is 1. The first-order chi connectivity index (χ1) is 14.0. The molecule has 1 fully saturated rings. The zero-order valence-electron chi connectivity index (χ0n) is 15.2. The number of nitrogens with one attached hydrogen (secondary N) is 2. The molecule has 0 aliphatic carbocycles. The molecule has 2 aromatic carbocycles. The number of aryl methyl sites for hydroxylation is 1. The van der Waals surface area contributed by atoms with Crippen molar-refractivity contribution in [3.05, 3.63) is 58.7 Å². The van der Waals surface area contributed by atoms with Crippen LogP contribution in [0.2, 0.25) is 0 Å². The molecule has 29 heavy (non-hydrogen) atoms. The summed E-state index contributed by atoms with van der Waals surface area (Å²) >= 11 is 0.881. The fourth-order valence-corrected chi connectivity index (χ4v) is 3.43. The average molecular weight is 409 g/mol. The van der Waals surface area contributed by atoms with E-state index in [-0.39, 0.29) is 23.7 Å². The maximum atomic E-state index is 11.9. The van der Waals surface area contributed by atoms with E-state index in [2.05, 4.69) is 15.8 Å². The van der Waals surface area contributed by atoms with Crippen LogP contribution in [0.25, 0.3) is 16.8 Å². The molecule has 0 bridgehead atoms. The van der Waals surface area contributed by atoms with E-state index in [1.165, 1.54) is 0 Å². The van der Waals surface area contributed by atoms with Crippen LogP contribution >= 0.6 is 11.8 Å². The van der Waals surface area contributed by atoms with Crippen molar-refractivity contribution < 1.29 is 23.6 Å². The number of carbonyl (C=O) groups is 3. The van der Waals surface area contributed by atoms with Gasteiger partial charge in [0, 0.05) is 6.07 Å². The number of hydrogen-bond acceptors (Lipinski definition) is 7. The smallest absolute Gasteiger partial charge is 0.290 e. The van der Waals surface area contributed by atoms with Gasteiger partial charge in [0.05, 0.1) is 4.91 Å². The predicted octanol–water partition coefficient (Wildman–Crippen LogP) is 3.48. The Hall–Kier alpha value is -3.59. The Morgan fingerprint density at radius 3 is 2.72 bits per heavy atom. The largest absolute Gasteiger partial charge is 0.484 e. The van der Waals surface area contributed by atoms with Gasteiger partial charge in [-0.25, -0.2) is 0 Å². The molecule has 0 saturated carbocycles. The molecule has 9 heteroatoms. The second-order valence-corrected chi connectivity index (χ2v) is 7.30. The van der Waals surface area contributed by atoms with Crippen molar-refractivity contribution in [1.29, 1.82) is 0 Å². The van der Waals surface area contributed by atoms with Crippen LogP contribution in [0.4, 0.5) is 10.6 Å². The SMILES string of the molecule is Cc1cc(NC(=O)COc2ccc3cc(/C=C4/SC(=O)NC4=O)ccc3c2)no1. The third kappa shape index (κ3) is 4.46. The molecule has 0 atom stereocenters. The maximum absolute atomic E-state index is 11.9. The van der Waals surface area contributed by atoms with E-state index < -0.39 is 0 Å². The summed E-state index contributed by atoms with van der Waals surface area (Å²) in [4.78, 5) is 35.2. The van der Waals surface area contributed by atoms with Gasteiger partial charge in [0.1, 0.15) is 11.5 Å². The molecule has 8 nitrogen and oxygen atoms in total. The Morgan fingerprint density at radius 2 is 2.00 bits per heavy atom. The van der Waals surface area contributed by atoms with Gasteiger partial charge in [-0.2, -0.15) is 0 Å². The van der Waals surface area contributed by atoms with Gasteiger partial charge < -0.3 is 14.6 Å². The summed E-state index contributed by atoms with van der Waals surface area (Å²) < 4.78 is 10.4. The van der Waals surface area contributed by atoms with Gasteiger partial charge in [0.2, 0.25) is 0 Å². The lowest BCUT2D eigenvalue weighted by molar-refractivity contribution is -0.118. The van der Waals surface area contributed by atoms with Crippen LogP contribution in [0.15, 0.2) is 51.9 Å². The second kappa shape index (κ2) is 7.80. The molecule has 2 N–H and O–H groups in total. The summed E-state index contributed by atoms with van der Waals surface area (Å²) in [5.74, 6) is 0.758. The van der Waals surface area contributed by atoms with Gasteiger partial charge in [-0.15, -0.1) is 0 Å². The molecule has 3 aromatic rings. The van der Waals surface area contributed by atoms with Gasteiger partial charge in [-0.05, 0) is 59.3 Å². The highest BCUT2D eigenvalue weighted by molar-refractivity contribution is 8.18. The molecule has 1 aromatic heterocycles. The molecule has 0 spiro atoms. The Kier molecular flexibility index (Phi) is 5.05. The second-order valence-electron chi connectivity index (χ2n) is 6.28. The number of benzene rings is 2. The standard InChI is InChI=1S/C20H15N3O5S/c1-11-6-17(23-28-11)21-18(24)10-27-15-5-4-13-7-12(2-3-14(13)9-15)8-16-19(25)22-20(26)29-16/h2-9H,10H2,1H3,(H,21,23,24)(H,22,25,26)/b16-8+. The highest BCUT2D eigenvalue weighted by Gasteiger charge is 2.24. The molecule has 1 saturated heterocycles. The van der Waals surface area contributed by atoms with Crippen molar-refractivity contribution in [2.45, 2.75) is 6.92 Å². The number of nitrogens with zero attached hydrogens (tertiary/aromatic N) is 1. The summed E-state index contributed by atoms with van der Waals surface area (Å²) in [5, 5.41) is 9.99. The molecule has 0 radical (unpaired) electrons. The third-order valence-electron chi connectivity index (χ3n) is 4.04. The molecule has 3 amide bonds. The van der Waals surface area contributed by atoms with Crippen molar-refractivity contribution in [1.82, 2.24) is 10.5 Å². The number of fused-ring (bicyclic) bond motifs is 1. The van der Waals surface area contributed by atoms with Crippen molar-refractivity contribution in [2.24, 2.45) is 0 Å². The molecular weight excluding hydrogens is 394 g/mol. The maximum Gasteiger partial charge on any atom is 0.290 e. The van der Waals surface area contributed by atoms with Gasteiger partial charge in [0.15, 0.2) is 12.4 Å². The Morgan fingerprint density at radius 1 is 1.21 bits per heavy atom. The van der Waals surface area contributed by atoms with Crippen LogP contribution in [0.1, 0.15) is 11.3 Å². The minimum atomic E-state index is -0.386. The third-order valence-corrected chi connectivity index (χ3v) is 4.85. The lowest BCUT2D eigenvalue weighted by Crippen LogP contribution is -2.20. The van der Waals surface area contributed by atoms with Gasteiger partial charge in [-0.1, -0.05) is 23.4 Å². The van der Waals surface area contributed by atoms with E-state index in [0.29, 0.717) is 22.2 Å². The van der Waals surface area contributed by atoms with Crippen molar-refractivity contribution in [3.8, 4) is 5.75 Å². The first-order valence-corrected chi connectivity index (χ1v) is 9.42. The summed E-state index contributed by atoms with van der Waals surface area (Å²) in [6, 6.07) is 12.7. The summed E-state index contributed by atoms with van der Waals surface area (Å²) in [6.07, 6.45) is 1.67. The fraction of sp³-hybridized carbons (Fsp3) is 0.100. The van der Waals surface area contributed by atoms with E-state index in [1.807, 2.05) is 30.3 Å². The minimum Gasteiger partial charge on any atom is -0.484 e. The van der Waals surface area contributed by atoms with Crippen LogP contribution in [0, 0.1) is 6.92 Å². The molecule has 1 aliphatic rings. The Bertz CT molecular complexity index is 1170. The lowest BCUT2D eigenvalue weighted by Gasteiger charge is -2.07. The number of thioether (sulfide) groups is 1. The first-order valence-electron chi connectivity index (χ1n) is 8.61. The fourth-order valence-electron chi connectivity index (χ4n) is 2.75. The summed E-state index contributed by atoms with van der Waals surface area (Å²) in [7, 11) is 0. The van der Waals surface area contributed by atoms with Crippen LogP contribution in [-0.2, 0) is 9.59 Å². The van der Waals surface area contributed by atoms with Gasteiger partial charge in [0.25, 0.3) is 17.1 Å². The number of amides is 3. The highest BCUT2D eigenvalue weighted by Crippen LogP contribution is 2.28. The summed E-state index contributed by atoms with van der Waals surface area (Å²) in [6.45, 7) is 1.57. The number of hydrogen-bond donors (Lipinski definition) is 2. The zero-order valence-corrected chi connectivity index (χ0v) is 16.0. The minimum absolute atomic E-state index is 0.165. The Labute approximate surface area is 169 Å². The number of carbonyl (C=O) groups excluding carboxylic acids is 3. The van der Waals surface area contributed by atoms with Crippen molar-refractivity contribution in [2.75, 3.05) is 11.9 Å². The molecule has 0 unspecified atom stereocenters. The normalized spacial score (nSPS) is 15.0. The van der Waals surface area contributed by atoms with Crippen molar-refractivity contribution in [3.63, 3.8) is 0 Å². The topological polar surface area (TPSA) is 111 Å². The van der Waals surface area contributed by atoms with E-state index in [9.17, 15) is 14.4 Å². The quantitative estimate of drug-likeness (QED) is 0.621. The molecule has 4 rings (SSSR count). The number of aromatic nitrogens is 1. The average Bonchev–Trinajstić information content (AvgIpc) is 3.24. The van der Waals surface area contributed by atoms with Crippen LogP contribution in [-0.4, -0.2) is 28.8 Å². The number of ether oxygens (including phenoxy) is 1. The molecule has 1 aliphatic heterocycles. The van der Waals surface area contributed by atoms with E-state index in [4.69, 9.17) is 9.26 Å². The molecule has 146 valence electrons. The van der Waals surface area contributed by atoms with Gasteiger partial charge >= 0.3 is 0 Å². The van der Waals surface area contributed by atoms with Gasteiger partial charge in [-0.3, -0.25) is 19.7 Å². The predicted molar refractivity (Wildman–Crippen MR) is 108 cm³/mol. The van der Waals surface area contributed by atoms with E-state index in [0.717, 1.165) is 28.1 Å². The zero-order chi connectivity index (χ0) is 20.4. The molecular formula is C20H15N3O5S. The summed E-state index contributed by atoms with van der Waals surface area (Å²) in [5.41, 5.74) is 0.806. The van der Waals surface area contributed by atoms with Crippen LogP contribution in [0.3, 0.4) is 0 Å². The first kappa shape index (κ1) is 18.8. The van der Waals surface area contributed by atoms with E-state index in [1.54, 1.807) is 25.1 Å². The monoisotopic (exact) mass is 409 g/mol.